The fraction of sp³-hybridized carbons (Fsp3) is 0.368. The van der Waals surface area contributed by atoms with E-state index in [4.69, 9.17) is 0 Å². The minimum Gasteiger partial charge on any atom is -0.339 e. The molecule has 1 aliphatic rings. The van der Waals surface area contributed by atoms with Gasteiger partial charge in [-0.05, 0) is 44.2 Å². The number of aromatic amines is 2. The number of H-pyrrole nitrogens is 2. The van der Waals surface area contributed by atoms with E-state index in [1.807, 2.05) is 18.2 Å². The summed E-state index contributed by atoms with van der Waals surface area (Å²) in [5, 5.41) is 1.18. The van der Waals surface area contributed by atoms with Crippen LogP contribution in [0.25, 0.3) is 10.9 Å². The fourth-order valence-electron chi connectivity index (χ4n) is 3.24. The van der Waals surface area contributed by atoms with Crippen molar-refractivity contribution in [1.82, 2.24) is 19.9 Å². The standard InChI is InChI=1S/C19H20N4O2S/c24-16(17-20-14-8-3-4-9-15(14)21-17)10-5-11-26-19-22-13-7-2-1-6-12(13)18(25)23-19/h1-2,6-7H,3-5,8-11H2,(H,20,21)(H,22,23,25). The lowest BCUT2D eigenvalue weighted by atomic mass is 10.0. The Morgan fingerprint density at radius 3 is 2.85 bits per heavy atom. The van der Waals surface area contributed by atoms with Gasteiger partial charge in [0.15, 0.2) is 16.8 Å². The maximum Gasteiger partial charge on any atom is 0.259 e. The summed E-state index contributed by atoms with van der Waals surface area (Å²) in [6.45, 7) is 0. The number of imidazole rings is 1. The van der Waals surface area contributed by atoms with Crippen LogP contribution in [0.1, 0.15) is 47.7 Å². The van der Waals surface area contributed by atoms with E-state index in [1.165, 1.54) is 11.8 Å². The number of thioether (sulfide) groups is 1. The quantitative estimate of drug-likeness (QED) is 0.301. The van der Waals surface area contributed by atoms with Gasteiger partial charge in [-0.3, -0.25) is 9.59 Å². The SMILES string of the molecule is O=C(CCCSc1nc2ccccc2c(=O)[nH]1)c1nc2c([nH]1)CCCC2. The van der Waals surface area contributed by atoms with Gasteiger partial charge in [-0.1, -0.05) is 23.9 Å². The van der Waals surface area contributed by atoms with E-state index in [2.05, 4.69) is 19.9 Å². The number of fused-ring (bicyclic) bond motifs is 2. The minimum absolute atomic E-state index is 0.0555. The second kappa shape index (κ2) is 7.45. The second-order valence-corrected chi connectivity index (χ2v) is 7.56. The first-order valence-electron chi connectivity index (χ1n) is 8.93. The Labute approximate surface area is 154 Å². The van der Waals surface area contributed by atoms with Crippen molar-refractivity contribution in [2.75, 3.05) is 5.75 Å². The number of nitrogens with zero attached hydrogens (tertiary/aromatic N) is 2. The average Bonchev–Trinajstić information content (AvgIpc) is 3.09. The lowest BCUT2D eigenvalue weighted by molar-refractivity contribution is 0.0972. The van der Waals surface area contributed by atoms with Gasteiger partial charge in [0.1, 0.15) is 0 Å². The van der Waals surface area contributed by atoms with Crippen molar-refractivity contribution in [3.05, 3.63) is 51.8 Å². The topological polar surface area (TPSA) is 91.5 Å². The number of nitrogens with one attached hydrogen (secondary N) is 2. The van der Waals surface area contributed by atoms with Gasteiger partial charge in [-0.2, -0.15) is 0 Å². The molecule has 0 aliphatic heterocycles. The van der Waals surface area contributed by atoms with E-state index < -0.39 is 0 Å². The molecule has 1 aliphatic carbocycles. The predicted molar refractivity (Wildman–Crippen MR) is 102 cm³/mol. The average molecular weight is 368 g/mol. The van der Waals surface area contributed by atoms with Crippen LogP contribution < -0.4 is 5.56 Å². The Kier molecular flexibility index (Phi) is 4.88. The molecule has 0 amide bonds. The van der Waals surface area contributed by atoms with Gasteiger partial charge in [0.05, 0.1) is 16.6 Å². The van der Waals surface area contributed by atoms with Crippen LogP contribution in [0.15, 0.2) is 34.2 Å². The first-order valence-corrected chi connectivity index (χ1v) is 9.92. The van der Waals surface area contributed by atoms with E-state index in [0.717, 1.165) is 37.1 Å². The number of benzene rings is 1. The van der Waals surface area contributed by atoms with Crippen LogP contribution in [0, 0.1) is 0 Å². The Morgan fingerprint density at radius 2 is 1.96 bits per heavy atom. The van der Waals surface area contributed by atoms with Crippen LogP contribution in [0.4, 0.5) is 0 Å². The van der Waals surface area contributed by atoms with Gasteiger partial charge < -0.3 is 9.97 Å². The molecule has 26 heavy (non-hydrogen) atoms. The molecule has 0 radical (unpaired) electrons. The zero-order valence-corrected chi connectivity index (χ0v) is 15.2. The number of carbonyl (C=O) groups is 1. The smallest absolute Gasteiger partial charge is 0.259 e. The van der Waals surface area contributed by atoms with Crippen molar-refractivity contribution in [3.63, 3.8) is 0 Å². The lowest BCUT2D eigenvalue weighted by Crippen LogP contribution is -2.09. The molecular formula is C19H20N4O2S. The Bertz CT molecular complexity index is 985. The lowest BCUT2D eigenvalue weighted by Gasteiger charge is -2.07. The van der Waals surface area contributed by atoms with Gasteiger partial charge in [0, 0.05) is 17.9 Å². The molecular weight excluding hydrogens is 348 g/mol. The zero-order valence-electron chi connectivity index (χ0n) is 14.4. The number of aromatic nitrogens is 4. The van der Waals surface area contributed by atoms with E-state index >= 15 is 0 Å². The molecule has 6 nitrogen and oxygen atoms in total. The van der Waals surface area contributed by atoms with Gasteiger partial charge in [-0.25, -0.2) is 9.97 Å². The minimum atomic E-state index is -0.129. The molecule has 0 saturated carbocycles. The van der Waals surface area contributed by atoms with Crippen molar-refractivity contribution < 1.29 is 4.79 Å². The van der Waals surface area contributed by atoms with E-state index in [9.17, 15) is 9.59 Å². The summed E-state index contributed by atoms with van der Waals surface area (Å²) in [6.07, 6.45) is 5.43. The number of hydrogen-bond acceptors (Lipinski definition) is 5. The molecule has 3 aromatic rings. The summed E-state index contributed by atoms with van der Waals surface area (Å²) in [5.74, 6) is 1.27. The van der Waals surface area contributed by atoms with Crippen LogP contribution >= 0.6 is 11.8 Å². The third kappa shape index (κ3) is 3.58. The Morgan fingerprint density at radius 1 is 1.12 bits per heavy atom. The Hall–Kier alpha value is -2.41. The van der Waals surface area contributed by atoms with Crippen LogP contribution in [0.2, 0.25) is 0 Å². The summed E-state index contributed by atoms with van der Waals surface area (Å²) in [6, 6.07) is 7.28. The van der Waals surface area contributed by atoms with Gasteiger partial charge in [0.2, 0.25) is 0 Å². The number of carbonyl (C=O) groups excluding carboxylic acids is 1. The van der Waals surface area contributed by atoms with E-state index in [1.54, 1.807) is 6.07 Å². The molecule has 0 unspecified atom stereocenters. The number of hydrogen-bond donors (Lipinski definition) is 2. The highest BCUT2D eigenvalue weighted by atomic mass is 32.2. The molecule has 2 heterocycles. The van der Waals surface area contributed by atoms with Crippen molar-refractivity contribution in [2.45, 2.75) is 43.7 Å². The first kappa shape index (κ1) is 17.0. The molecule has 0 fully saturated rings. The summed E-state index contributed by atoms with van der Waals surface area (Å²) >= 11 is 1.46. The van der Waals surface area contributed by atoms with Gasteiger partial charge in [0.25, 0.3) is 5.56 Å². The van der Waals surface area contributed by atoms with Crippen molar-refractivity contribution in [2.24, 2.45) is 0 Å². The van der Waals surface area contributed by atoms with Crippen molar-refractivity contribution in [3.8, 4) is 0 Å². The van der Waals surface area contributed by atoms with E-state index in [0.29, 0.717) is 40.5 Å². The summed E-state index contributed by atoms with van der Waals surface area (Å²) < 4.78 is 0. The van der Waals surface area contributed by atoms with Crippen LogP contribution in [0.5, 0.6) is 0 Å². The van der Waals surface area contributed by atoms with Gasteiger partial charge >= 0.3 is 0 Å². The molecule has 0 spiro atoms. The zero-order chi connectivity index (χ0) is 17.9. The van der Waals surface area contributed by atoms with Crippen molar-refractivity contribution in [1.29, 1.82) is 0 Å². The highest BCUT2D eigenvalue weighted by molar-refractivity contribution is 7.99. The largest absolute Gasteiger partial charge is 0.339 e. The maximum atomic E-state index is 12.3. The molecule has 134 valence electrons. The van der Waals surface area contributed by atoms with Crippen molar-refractivity contribution >= 4 is 28.4 Å². The molecule has 2 N–H and O–H groups in total. The monoisotopic (exact) mass is 368 g/mol. The highest BCUT2D eigenvalue weighted by Gasteiger charge is 2.18. The highest BCUT2D eigenvalue weighted by Crippen LogP contribution is 2.20. The normalized spacial score (nSPS) is 13.7. The Balaban J connectivity index is 1.33. The summed E-state index contributed by atoms with van der Waals surface area (Å²) in [5.41, 5.74) is 2.75. The van der Waals surface area contributed by atoms with Gasteiger partial charge in [-0.15, -0.1) is 0 Å². The molecule has 2 aromatic heterocycles. The van der Waals surface area contributed by atoms with Crippen LogP contribution in [-0.4, -0.2) is 31.5 Å². The third-order valence-corrected chi connectivity index (χ3v) is 5.56. The fourth-order valence-corrected chi connectivity index (χ4v) is 4.05. The second-order valence-electron chi connectivity index (χ2n) is 6.48. The molecule has 0 atom stereocenters. The van der Waals surface area contributed by atoms with Crippen LogP contribution in [0.3, 0.4) is 0 Å². The summed E-state index contributed by atoms with van der Waals surface area (Å²) in [4.78, 5) is 39.3. The number of para-hydroxylation sites is 1. The van der Waals surface area contributed by atoms with E-state index in [-0.39, 0.29) is 11.3 Å². The number of aryl methyl sites for hydroxylation is 2. The molecule has 0 bridgehead atoms. The number of Topliss-reactive ketones (excluding diaryl/α,β-unsaturated/α-hetero) is 1. The number of rotatable bonds is 6. The predicted octanol–water partition coefficient (Wildman–Crippen LogP) is 3.28. The molecule has 7 heteroatoms. The molecule has 0 saturated heterocycles. The summed E-state index contributed by atoms with van der Waals surface area (Å²) in [7, 11) is 0. The number of ketones is 1. The molecule has 1 aromatic carbocycles. The first-order chi connectivity index (χ1) is 12.7. The third-order valence-electron chi connectivity index (χ3n) is 4.60. The molecule has 4 rings (SSSR count). The maximum absolute atomic E-state index is 12.3. The van der Waals surface area contributed by atoms with Crippen LogP contribution in [-0.2, 0) is 12.8 Å².